The molecule has 1 aromatic carbocycles. The minimum absolute atomic E-state index is 0.197. The van der Waals surface area contributed by atoms with E-state index >= 15 is 0 Å². The van der Waals surface area contributed by atoms with E-state index in [1.807, 2.05) is 18.2 Å². The summed E-state index contributed by atoms with van der Waals surface area (Å²) in [4.78, 5) is 13.6. The third-order valence-corrected chi connectivity index (χ3v) is 4.96. The molecular weight excluding hydrogens is 240 g/mol. The molecule has 1 aliphatic carbocycles. The fraction of sp³-hybridized carbons (Fsp3) is 0.562. The average Bonchev–Trinajstić information content (AvgIpc) is 2.41. The molecule has 1 aromatic rings. The van der Waals surface area contributed by atoms with Crippen molar-refractivity contribution in [2.24, 2.45) is 5.92 Å². The number of Topliss-reactive ketones (excluding diaryl/α,β-unsaturated/α-hetero) is 1. The lowest BCUT2D eigenvalue weighted by Crippen LogP contribution is -2.30. The van der Waals surface area contributed by atoms with Crippen molar-refractivity contribution in [2.75, 3.05) is 0 Å². The third kappa shape index (κ3) is 3.61. The van der Waals surface area contributed by atoms with Gasteiger partial charge < -0.3 is 0 Å². The van der Waals surface area contributed by atoms with Crippen molar-refractivity contribution in [3.8, 4) is 0 Å². The van der Waals surface area contributed by atoms with Crippen LogP contribution in [0.1, 0.15) is 45.4 Å². The Hall–Kier alpha value is -0.760. The first-order valence-electron chi connectivity index (χ1n) is 7.06. The van der Waals surface area contributed by atoms with Crippen molar-refractivity contribution in [2.45, 2.75) is 55.6 Å². The minimum atomic E-state index is 0.197. The fourth-order valence-corrected chi connectivity index (χ4v) is 3.85. The zero-order chi connectivity index (χ0) is 12.8. The van der Waals surface area contributed by atoms with E-state index in [1.165, 1.54) is 24.2 Å². The first-order valence-corrected chi connectivity index (χ1v) is 7.94. The van der Waals surface area contributed by atoms with E-state index < -0.39 is 0 Å². The van der Waals surface area contributed by atoms with Crippen LogP contribution in [-0.2, 0) is 4.79 Å². The highest BCUT2D eigenvalue weighted by Crippen LogP contribution is 2.35. The molecule has 0 spiro atoms. The van der Waals surface area contributed by atoms with Crippen LogP contribution in [0.15, 0.2) is 35.2 Å². The second-order valence-electron chi connectivity index (χ2n) is 5.09. The van der Waals surface area contributed by atoms with Crippen LogP contribution in [0, 0.1) is 5.92 Å². The smallest absolute Gasteiger partial charge is 0.149 e. The summed E-state index contributed by atoms with van der Waals surface area (Å²) in [7, 11) is 0. The maximum absolute atomic E-state index is 12.4. The van der Waals surface area contributed by atoms with Crippen molar-refractivity contribution in [1.82, 2.24) is 0 Å². The molecule has 1 aliphatic rings. The number of unbranched alkanes of at least 4 members (excludes halogenated alkanes) is 1. The van der Waals surface area contributed by atoms with Crippen LogP contribution in [0.2, 0.25) is 0 Å². The van der Waals surface area contributed by atoms with Gasteiger partial charge in [-0.3, -0.25) is 4.79 Å². The maximum atomic E-state index is 12.4. The number of hydrogen-bond donors (Lipinski definition) is 0. The lowest BCUT2D eigenvalue weighted by Gasteiger charge is -2.27. The first-order chi connectivity index (χ1) is 8.81. The van der Waals surface area contributed by atoms with E-state index in [9.17, 15) is 4.79 Å². The lowest BCUT2D eigenvalue weighted by molar-refractivity contribution is -0.124. The average molecular weight is 262 g/mol. The number of carbonyl (C=O) groups is 1. The van der Waals surface area contributed by atoms with E-state index in [2.05, 4.69) is 19.1 Å². The summed E-state index contributed by atoms with van der Waals surface area (Å²) in [6, 6.07) is 10.3. The molecule has 1 saturated carbocycles. The van der Waals surface area contributed by atoms with Crippen molar-refractivity contribution in [1.29, 1.82) is 0 Å². The highest BCUT2D eigenvalue weighted by molar-refractivity contribution is 8.00. The molecule has 0 aliphatic heterocycles. The van der Waals surface area contributed by atoms with Crippen LogP contribution in [0.4, 0.5) is 0 Å². The molecule has 1 fully saturated rings. The van der Waals surface area contributed by atoms with Gasteiger partial charge >= 0.3 is 0 Å². The van der Waals surface area contributed by atoms with Crippen LogP contribution in [0.3, 0.4) is 0 Å². The molecule has 2 rings (SSSR count). The van der Waals surface area contributed by atoms with Gasteiger partial charge in [0, 0.05) is 10.8 Å². The van der Waals surface area contributed by atoms with Gasteiger partial charge in [0.2, 0.25) is 0 Å². The molecule has 0 N–H and O–H groups in total. The van der Waals surface area contributed by atoms with Gasteiger partial charge in [-0.2, -0.15) is 0 Å². The molecule has 1 nitrogen and oxygen atoms in total. The zero-order valence-corrected chi connectivity index (χ0v) is 11.9. The molecule has 2 unspecified atom stereocenters. The normalized spacial score (nSPS) is 24.2. The number of rotatable bonds is 5. The highest BCUT2D eigenvalue weighted by atomic mass is 32.2. The summed E-state index contributed by atoms with van der Waals surface area (Å²) in [5, 5.41) is 0.197. The van der Waals surface area contributed by atoms with Crippen LogP contribution in [0.5, 0.6) is 0 Å². The number of benzene rings is 1. The van der Waals surface area contributed by atoms with Crippen LogP contribution in [0.25, 0.3) is 0 Å². The Labute approximate surface area is 114 Å². The SMILES string of the molecule is CCCCC1CCCC(Sc2ccccc2)C1=O. The van der Waals surface area contributed by atoms with Gasteiger partial charge in [0.15, 0.2) is 0 Å². The Kier molecular flexibility index (Phi) is 5.30. The van der Waals surface area contributed by atoms with Crippen molar-refractivity contribution in [3.63, 3.8) is 0 Å². The Bertz CT molecular complexity index is 374. The molecule has 98 valence electrons. The summed E-state index contributed by atoms with van der Waals surface area (Å²) in [5.41, 5.74) is 0. The molecule has 18 heavy (non-hydrogen) atoms. The van der Waals surface area contributed by atoms with E-state index in [0.717, 1.165) is 19.3 Å². The molecule has 2 atom stereocenters. The summed E-state index contributed by atoms with van der Waals surface area (Å²) in [6.45, 7) is 2.20. The zero-order valence-electron chi connectivity index (χ0n) is 11.1. The van der Waals surface area contributed by atoms with E-state index in [1.54, 1.807) is 11.8 Å². The fourth-order valence-electron chi connectivity index (χ4n) is 2.61. The Morgan fingerprint density at radius 3 is 2.72 bits per heavy atom. The largest absolute Gasteiger partial charge is 0.298 e. The van der Waals surface area contributed by atoms with E-state index in [4.69, 9.17) is 0 Å². The maximum Gasteiger partial charge on any atom is 0.149 e. The number of ketones is 1. The van der Waals surface area contributed by atoms with Gasteiger partial charge in [0.1, 0.15) is 5.78 Å². The topological polar surface area (TPSA) is 17.1 Å². The quantitative estimate of drug-likeness (QED) is 0.764. The minimum Gasteiger partial charge on any atom is -0.298 e. The molecule has 2 heteroatoms. The summed E-state index contributed by atoms with van der Waals surface area (Å²) < 4.78 is 0. The number of carbonyl (C=O) groups excluding carboxylic acids is 1. The molecular formula is C16H22OS. The summed E-state index contributed by atoms with van der Waals surface area (Å²) in [6.07, 6.45) is 6.87. The molecule has 0 heterocycles. The van der Waals surface area contributed by atoms with Crippen LogP contribution >= 0.6 is 11.8 Å². The van der Waals surface area contributed by atoms with Gasteiger partial charge in [-0.15, -0.1) is 11.8 Å². The molecule has 0 bridgehead atoms. The highest BCUT2D eigenvalue weighted by Gasteiger charge is 2.31. The van der Waals surface area contributed by atoms with Crippen LogP contribution in [-0.4, -0.2) is 11.0 Å². The summed E-state index contributed by atoms with van der Waals surface area (Å²) in [5.74, 6) is 0.837. The Morgan fingerprint density at radius 1 is 1.22 bits per heavy atom. The second-order valence-corrected chi connectivity index (χ2v) is 6.37. The van der Waals surface area contributed by atoms with Crippen molar-refractivity contribution in [3.05, 3.63) is 30.3 Å². The van der Waals surface area contributed by atoms with E-state index in [-0.39, 0.29) is 5.25 Å². The lowest BCUT2D eigenvalue weighted by atomic mass is 9.84. The van der Waals surface area contributed by atoms with Gasteiger partial charge in [-0.1, -0.05) is 44.4 Å². The first kappa shape index (κ1) is 13.7. The van der Waals surface area contributed by atoms with Gasteiger partial charge in [0.25, 0.3) is 0 Å². The molecule has 0 amide bonds. The second kappa shape index (κ2) is 6.98. The standard InChI is InChI=1S/C16H22OS/c1-2-3-8-13-9-7-12-15(16(13)17)18-14-10-5-4-6-11-14/h4-6,10-11,13,15H,2-3,7-9,12H2,1H3. The van der Waals surface area contributed by atoms with Gasteiger partial charge in [0.05, 0.1) is 5.25 Å². The monoisotopic (exact) mass is 262 g/mol. The van der Waals surface area contributed by atoms with Gasteiger partial charge in [-0.25, -0.2) is 0 Å². The van der Waals surface area contributed by atoms with E-state index in [0.29, 0.717) is 11.7 Å². The molecule has 0 saturated heterocycles. The molecule has 0 radical (unpaired) electrons. The van der Waals surface area contributed by atoms with Gasteiger partial charge in [-0.05, 0) is 31.4 Å². The number of hydrogen-bond acceptors (Lipinski definition) is 2. The third-order valence-electron chi connectivity index (χ3n) is 3.67. The number of thioether (sulfide) groups is 1. The van der Waals surface area contributed by atoms with Crippen molar-refractivity contribution >= 4 is 17.5 Å². The van der Waals surface area contributed by atoms with Crippen molar-refractivity contribution < 1.29 is 4.79 Å². The molecule has 0 aromatic heterocycles. The predicted octanol–water partition coefficient (Wildman–Crippen LogP) is 4.71. The summed E-state index contributed by atoms with van der Waals surface area (Å²) >= 11 is 1.76. The Morgan fingerprint density at radius 2 is 2.00 bits per heavy atom. The van der Waals surface area contributed by atoms with Crippen LogP contribution < -0.4 is 0 Å². The Balaban J connectivity index is 1.94. The predicted molar refractivity (Wildman–Crippen MR) is 78.0 cm³/mol.